The van der Waals surface area contributed by atoms with E-state index in [-0.39, 0.29) is 5.91 Å². The lowest BCUT2D eigenvalue weighted by Gasteiger charge is -2.32. The zero-order valence-corrected chi connectivity index (χ0v) is 16.5. The van der Waals surface area contributed by atoms with E-state index in [0.717, 1.165) is 41.4 Å². The molecule has 1 aliphatic heterocycles. The van der Waals surface area contributed by atoms with Gasteiger partial charge >= 0.3 is 5.97 Å². The zero-order valence-electron chi connectivity index (χ0n) is 16.5. The highest BCUT2D eigenvalue weighted by atomic mass is 16.4. The lowest BCUT2D eigenvalue weighted by Crippen LogP contribution is -2.39. The van der Waals surface area contributed by atoms with Crippen molar-refractivity contribution in [2.45, 2.75) is 25.7 Å². The molecule has 0 unspecified atom stereocenters. The Bertz CT molecular complexity index is 1050. The van der Waals surface area contributed by atoms with Gasteiger partial charge in [0.05, 0.1) is 23.2 Å². The standard InChI is InChI=1S/C23H25N3O3/c1-25-21-9-5-4-8-19(21)20(24-25)15-22(27)26-12-10-16(11-13-26)14-17-6-2-3-7-18(17)23(28)29/h2-9,16H,10-15H2,1H3,(H,28,29). The molecule has 6 heteroatoms. The highest BCUT2D eigenvalue weighted by Crippen LogP contribution is 2.25. The average molecular weight is 391 g/mol. The van der Waals surface area contributed by atoms with Crippen molar-refractivity contribution in [2.24, 2.45) is 13.0 Å². The molecule has 0 aliphatic carbocycles. The summed E-state index contributed by atoms with van der Waals surface area (Å²) in [6.45, 7) is 1.42. The van der Waals surface area contributed by atoms with Crippen molar-refractivity contribution >= 4 is 22.8 Å². The minimum atomic E-state index is -0.879. The van der Waals surface area contributed by atoms with Crippen molar-refractivity contribution in [2.75, 3.05) is 13.1 Å². The van der Waals surface area contributed by atoms with E-state index in [4.69, 9.17) is 0 Å². The number of hydrogen-bond donors (Lipinski definition) is 1. The molecule has 2 aromatic carbocycles. The second-order valence-electron chi connectivity index (χ2n) is 7.75. The van der Waals surface area contributed by atoms with Crippen LogP contribution in [-0.2, 0) is 24.7 Å². The Morgan fingerprint density at radius 3 is 2.52 bits per heavy atom. The van der Waals surface area contributed by atoms with E-state index in [9.17, 15) is 14.7 Å². The predicted octanol–water partition coefficient (Wildman–Crippen LogP) is 3.30. The number of aromatic carboxylic acids is 1. The van der Waals surface area contributed by atoms with Crippen LogP contribution in [0.15, 0.2) is 48.5 Å². The van der Waals surface area contributed by atoms with Crippen LogP contribution < -0.4 is 0 Å². The molecule has 0 bridgehead atoms. The summed E-state index contributed by atoms with van der Waals surface area (Å²) in [4.78, 5) is 26.2. The number of likely N-dealkylation sites (tertiary alicyclic amines) is 1. The van der Waals surface area contributed by atoms with Crippen LogP contribution in [-0.4, -0.2) is 44.8 Å². The van der Waals surface area contributed by atoms with Crippen molar-refractivity contribution in [1.29, 1.82) is 0 Å². The van der Waals surface area contributed by atoms with Gasteiger partial charge in [-0.1, -0.05) is 36.4 Å². The molecule has 0 atom stereocenters. The molecule has 0 saturated carbocycles. The fraction of sp³-hybridized carbons (Fsp3) is 0.348. The Morgan fingerprint density at radius 2 is 1.76 bits per heavy atom. The number of carbonyl (C=O) groups excluding carboxylic acids is 1. The molecule has 1 amide bonds. The van der Waals surface area contributed by atoms with Gasteiger partial charge in [0.1, 0.15) is 0 Å². The SMILES string of the molecule is Cn1nc(CC(=O)N2CCC(Cc3ccccc3C(=O)O)CC2)c2ccccc21. The van der Waals surface area contributed by atoms with E-state index in [1.807, 2.05) is 53.0 Å². The smallest absolute Gasteiger partial charge is 0.335 e. The Kier molecular flexibility index (Phi) is 5.34. The normalized spacial score (nSPS) is 15.0. The third-order valence-electron chi connectivity index (χ3n) is 5.88. The molecule has 1 aromatic heterocycles. The number of rotatable bonds is 5. The third-order valence-corrected chi connectivity index (χ3v) is 5.88. The number of benzene rings is 2. The highest BCUT2D eigenvalue weighted by molar-refractivity contribution is 5.89. The molecule has 3 aromatic rings. The van der Waals surface area contributed by atoms with Gasteiger partial charge in [-0.05, 0) is 42.9 Å². The van der Waals surface area contributed by atoms with Gasteiger partial charge in [-0.3, -0.25) is 9.48 Å². The molecule has 1 aliphatic rings. The maximum absolute atomic E-state index is 12.8. The molecular formula is C23H25N3O3. The summed E-state index contributed by atoms with van der Waals surface area (Å²) in [7, 11) is 1.90. The number of aryl methyl sites for hydroxylation is 1. The van der Waals surface area contributed by atoms with E-state index in [0.29, 0.717) is 31.0 Å². The number of piperidine rings is 1. The van der Waals surface area contributed by atoms with Gasteiger partial charge in [-0.15, -0.1) is 0 Å². The van der Waals surface area contributed by atoms with E-state index >= 15 is 0 Å². The van der Waals surface area contributed by atoms with Gasteiger partial charge in [-0.25, -0.2) is 4.79 Å². The Labute approximate surface area is 169 Å². The number of carboxylic acids is 1. The molecule has 6 nitrogen and oxygen atoms in total. The second-order valence-corrected chi connectivity index (χ2v) is 7.75. The Morgan fingerprint density at radius 1 is 1.07 bits per heavy atom. The van der Waals surface area contributed by atoms with Crippen molar-refractivity contribution in [1.82, 2.24) is 14.7 Å². The van der Waals surface area contributed by atoms with Crippen LogP contribution in [0.1, 0.15) is 34.5 Å². The lowest BCUT2D eigenvalue weighted by atomic mass is 9.88. The first kappa shape index (κ1) is 19.2. The fourth-order valence-corrected chi connectivity index (χ4v) is 4.28. The van der Waals surface area contributed by atoms with Crippen LogP contribution in [0.3, 0.4) is 0 Å². The molecule has 2 heterocycles. The van der Waals surface area contributed by atoms with Crippen molar-refractivity contribution in [3.05, 3.63) is 65.4 Å². The zero-order chi connectivity index (χ0) is 20.4. The van der Waals surface area contributed by atoms with Gasteiger partial charge in [0, 0.05) is 25.5 Å². The summed E-state index contributed by atoms with van der Waals surface area (Å²) in [6, 6.07) is 15.2. The molecule has 1 saturated heterocycles. The topological polar surface area (TPSA) is 75.4 Å². The van der Waals surface area contributed by atoms with E-state index in [1.54, 1.807) is 12.1 Å². The Balaban J connectivity index is 1.37. The molecule has 4 rings (SSSR count). The van der Waals surface area contributed by atoms with Crippen LogP contribution in [0.4, 0.5) is 0 Å². The summed E-state index contributed by atoms with van der Waals surface area (Å²) in [6.07, 6.45) is 2.84. The summed E-state index contributed by atoms with van der Waals surface area (Å²) >= 11 is 0. The van der Waals surface area contributed by atoms with Crippen LogP contribution in [0, 0.1) is 5.92 Å². The first-order valence-electron chi connectivity index (χ1n) is 10.0. The summed E-state index contributed by atoms with van der Waals surface area (Å²) in [5, 5.41) is 14.9. The summed E-state index contributed by atoms with van der Waals surface area (Å²) in [5.74, 6) is -0.371. The first-order valence-corrected chi connectivity index (χ1v) is 10.0. The van der Waals surface area contributed by atoms with Crippen LogP contribution >= 0.6 is 0 Å². The van der Waals surface area contributed by atoms with E-state index < -0.39 is 5.97 Å². The number of para-hydroxylation sites is 1. The van der Waals surface area contributed by atoms with Crippen molar-refractivity contribution in [3.8, 4) is 0 Å². The van der Waals surface area contributed by atoms with Gasteiger partial charge in [-0.2, -0.15) is 5.10 Å². The quantitative estimate of drug-likeness (QED) is 0.724. The lowest BCUT2D eigenvalue weighted by molar-refractivity contribution is -0.131. The molecule has 0 radical (unpaired) electrons. The molecule has 1 fully saturated rings. The van der Waals surface area contributed by atoms with Gasteiger partial charge in [0.2, 0.25) is 5.91 Å². The first-order chi connectivity index (χ1) is 14.0. The predicted molar refractivity (Wildman–Crippen MR) is 111 cm³/mol. The molecule has 150 valence electrons. The summed E-state index contributed by atoms with van der Waals surface area (Å²) < 4.78 is 1.82. The second kappa shape index (κ2) is 8.07. The number of amides is 1. The number of fused-ring (bicyclic) bond motifs is 1. The van der Waals surface area contributed by atoms with Crippen LogP contribution in [0.25, 0.3) is 10.9 Å². The molecular weight excluding hydrogens is 366 g/mol. The van der Waals surface area contributed by atoms with Crippen LogP contribution in [0.2, 0.25) is 0 Å². The van der Waals surface area contributed by atoms with Crippen LogP contribution in [0.5, 0.6) is 0 Å². The maximum Gasteiger partial charge on any atom is 0.335 e. The molecule has 0 spiro atoms. The van der Waals surface area contributed by atoms with E-state index in [2.05, 4.69) is 5.10 Å². The largest absolute Gasteiger partial charge is 0.478 e. The molecule has 1 N–H and O–H groups in total. The van der Waals surface area contributed by atoms with Crippen molar-refractivity contribution < 1.29 is 14.7 Å². The minimum absolute atomic E-state index is 0.109. The summed E-state index contributed by atoms with van der Waals surface area (Å²) in [5.41, 5.74) is 3.12. The van der Waals surface area contributed by atoms with E-state index in [1.165, 1.54) is 0 Å². The third kappa shape index (κ3) is 4.01. The monoisotopic (exact) mass is 391 g/mol. The number of carboxylic acid groups (broad SMARTS) is 1. The van der Waals surface area contributed by atoms with Crippen molar-refractivity contribution in [3.63, 3.8) is 0 Å². The fourth-order valence-electron chi connectivity index (χ4n) is 4.28. The maximum atomic E-state index is 12.8. The van der Waals surface area contributed by atoms with Gasteiger partial charge in [0.15, 0.2) is 0 Å². The Hall–Kier alpha value is -3.15. The highest BCUT2D eigenvalue weighted by Gasteiger charge is 2.25. The van der Waals surface area contributed by atoms with Gasteiger partial charge in [0.25, 0.3) is 0 Å². The number of hydrogen-bond acceptors (Lipinski definition) is 3. The minimum Gasteiger partial charge on any atom is -0.478 e. The molecule has 29 heavy (non-hydrogen) atoms. The average Bonchev–Trinajstić information content (AvgIpc) is 3.04. The number of aromatic nitrogens is 2. The van der Waals surface area contributed by atoms with Gasteiger partial charge < -0.3 is 10.0 Å². The number of nitrogens with zero attached hydrogens (tertiary/aromatic N) is 3. The number of carbonyl (C=O) groups is 2.